The van der Waals surface area contributed by atoms with Crippen molar-refractivity contribution in [3.63, 3.8) is 0 Å². The summed E-state index contributed by atoms with van der Waals surface area (Å²) < 4.78 is 19.1. The second-order valence-corrected chi connectivity index (χ2v) is 4.07. The lowest BCUT2D eigenvalue weighted by Crippen LogP contribution is -2.10. The minimum atomic E-state index is -0.636. The van der Waals surface area contributed by atoms with Crippen LogP contribution in [0, 0.1) is 5.82 Å². The predicted octanol–water partition coefficient (Wildman–Crippen LogP) is 2.91. The highest BCUT2D eigenvalue weighted by atomic mass is 35.5. The summed E-state index contributed by atoms with van der Waals surface area (Å²) in [4.78, 5) is 8.23. The molecule has 0 saturated heterocycles. The molecule has 7 heteroatoms. The number of halogens is 2. The summed E-state index contributed by atoms with van der Waals surface area (Å²) in [5.41, 5.74) is 2.40. The highest BCUT2D eigenvalue weighted by Crippen LogP contribution is 2.28. The van der Waals surface area contributed by atoms with Crippen molar-refractivity contribution in [2.45, 2.75) is 13.3 Å². The smallest absolute Gasteiger partial charge is 0.224 e. The highest BCUT2D eigenvalue weighted by Gasteiger charge is 2.10. The molecule has 1 aromatic carbocycles. The Morgan fingerprint density at radius 2 is 2.21 bits per heavy atom. The lowest BCUT2D eigenvalue weighted by Gasteiger charge is -2.09. The molecular weight excluding hydrogens is 271 g/mol. The summed E-state index contributed by atoms with van der Waals surface area (Å²) in [6.07, 6.45) is 0.601. The fraction of sp³-hybridized carbons (Fsp3) is 0.167. The maximum absolute atomic E-state index is 13.7. The molecule has 100 valence electrons. The summed E-state index contributed by atoms with van der Waals surface area (Å²) in [6.45, 7) is 1.89. The third-order valence-corrected chi connectivity index (χ3v) is 2.64. The normalized spacial score (nSPS) is 10.3. The Balaban J connectivity index is 2.34. The van der Waals surface area contributed by atoms with E-state index < -0.39 is 5.82 Å². The molecule has 2 rings (SSSR count). The number of benzene rings is 1. The molecule has 19 heavy (non-hydrogen) atoms. The van der Waals surface area contributed by atoms with Gasteiger partial charge in [-0.1, -0.05) is 24.6 Å². The molecule has 0 unspecified atom stereocenters. The standard InChI is InChI=1S/C12H12ClFN4O/c1-2-9-16-10(18-15)6-11(17-9)19-8-5-3-4-7(13)12(8)14/h3-6H,2,15H2,1H3,(H,16,17,18). The zero-order valence-electron chi connectivity index (χ0n) is 10.2. The molecule has 1 aromatic heterocycles. The molecule has 0 atom stereocenters. The first-order valence-electron chi connectivity index (χ1n) is 5.60. The van der Waals surface area contributed by atoms with E-state index in [0.717, 1.165) is 0 Å². The average molecular weight is 283 g/mol. The largest absolute Gasteiger partial charge is 0.436 e. The molecule has 1 heterocycles. The van der Waals surface area contributed by atoms with Crippen LogP contribution in [0.15, 0.2) is 24.3 Å². The van der Waals surface area contributed by atoms with Crippen LogP contribution in [0.1, 0.15) is 12.7 Å². The Bertz CT molecular complexity index is 572. The molecule has 0 saturated carbocycles. The van der Waals surface area contributed by atoms with Crippen LogP contribution in [0.5, 0.6) is 11.6 Å². The van der Waals surface area contributed by atoms with Crippen LogP contribution in [0.3, 0.4) is 0 Å². The molecule has 0 aliphatic heterocycles. The van der Waals surface area contributed by atoms with Gasteiger partial charge in [0.15, 0.2) is 11.6 Å². The fourth-order valence-electron chi connectivity index (χ4n) is 1.43. The second kappa shape index (κ2) is 5.81. The minimum absolute atomic E-state index is 0.00350. The number of anilines is 1. The van der Waals surface area contributed by atoms with Crippen molar-refractivity contribution >= 4 is 17.4 Å². The van der Waals surface area contributed by atoms with E-state index in [4.69, 9.17) is 22.2 Å². The Morgan fingerprint density at radius 3 is 2.89 bits per heavy atom. The maximum Gasteiger partial charge on any atom is 0.224 e. The number of nitrogens with two attached hydrogens (primary N) is 1. The van der Waals surface area contributed by atoms with Gasteiger partial charge in [-0.05, 0) is 12.1 Å². The minimum Gasteiger partial charge on any atom is -0.436 e. The Hall–Kier alpha value is -1.92. The molecule has 0 aliphatic carbocycles. The van der Waals surface area contributed by atoms with Gasteiger partial charge in [-0.2, -0.15) is 4.98 Å². The molecule has 0 radical (unpaired) electrons. The third kappa shape index (κ3) is 3.10. The SMILES string of the molecule is CCc1nc(NN)cc(Oc2cccc(Cl)c2F)n1. The van der Waals surface area contributed by atoms with Gasteiger partial charge in [-0.3, -0.25) is 0 Å². The number of nitrogens with zero attached hydrogens (tertiary/aromatic N) is 2. The van der Waals surface area contributed by atoms with Gasteiger partial charge in [-0.15, -0.1) is 0 Å². The number of hydrogen-bond acceptors (Lipinski definition) is 5. The fourth-order valence-corrected chi connectivity index (χ4v) is 1.60. The Morgan fingerprint density at radius 1 is 1.42 bits per heavy atom. The number of aromatic nitrogens is 2. The molecule has 0 bridgehead atoms. The van der Waals surface area contributed by atoms with Gasteiger partial charge < -0.3 is 10.2 Å². The molecule has 2 aromatic rings. The summed E-state index contributed by atoms with van der Waals surface area (Å²) in [5.74, 6) is 5.78. The number of ether oxygens (including phenoxy) is 1. The van der Waals surface area contributed by atoms with E-state index in [9.17, 15) is 4.39 Å². The lowest BCUT2D eigenvalue weighted by atomic mass is 10.3. The number of hydrazine groups is 1. The van der Waals surface area contributed by atoms with Gasteiger partial charge in [0, 0.05) is 12.5 Å². The number of nitrogen functional groups attached to an aromatic ring is 1. The van der Waals surface area contributed by atoms with E-state index >= 15 is 0 Å². The van der Waals surface area contributed by atoms with Crippen molar-refractivity contribution < 1.29 is 9.13 Å². The zero-order valence-corrected chi connectivity index (χ0v) is 10.9. The second-order valence-electron chi connectivity index (χ2n) is 3.66. The van der Waals surface area contributed by atoms with Gasteiger partial charge >= 0.3 is 0 Å². The van der Waals surface area contributed by atoms with Crippen molar-refractivity contribution in [3.05, 3.63) is 40.9 Å². The number of rotatable bonds is 4. The van der Waals surface area contributed by atoms with Crippen molar-refractivity contribution in [1.82, 2.24) is 9.97 Å². The first kappa shape index (κ1) is 13.5. The van der Waals surface area contributed by atoms with Crippen molar-refractivity contribution in [3.8, 4) is 11.6 Å². The van der Waals surface area contributed by atoms with Crippen LogP contribution in [-0.4, -0.2) is 9.97 Å². The quantitative estimate of drug-likeness (QED) is 0.666. The van der Waals surface area contributed by atoms with Gasteiger partial charge in [0.05, 0.1) is 5.02 Å². The summed E-state index contributed by atoms with van der Waals surface area (Å²) in [7, 11) is 0. The molecule has 0 amide bonds. The van der Waals surface area contributed by atoms with Gasteiger partial charge in [0.25, 0.3) is 0 Å². The summed E-state index contributed by atoms with van der Waals surface area (Å²) in [5, 5.41) is -0.0144. The number of hydrogen-bond donors (Lipinski definition) is 2. The molecule has 0 aliphatic rings. The third-order valence-electron chi connectivity index (χ3n) is 2.34. The van der Waals surface area contributed by atoms with Crippen molar-refractivity contribution in [2.75, 3.05) is 5.43 Å². The van der Waals surface area contributed by atoms with Gasteiger partial charge in [0.1, 0.15) is 11.6 Å². The summed E-state index contributed by atoms with van der Waals surface area (Å²) in [6, 6.07) is 5.96. The van der Waals surface area contributed by atoms with E-state index in [1.807, 2.05) is 6.92 Å². The van der Waals surface area contributed by atoms with Crippen LogP contribution in [0.25, 0.3) is 0 Å². The van der Waals surface area contributed by atoms with Crippen LogP contribution in [0.4, 0.5) is 10.2 Å². The van der Waals surface area contributed by atoms with Crippen LogP contribution >= 0.6 is 11.6 Å². The van der Waals surface area contributed by atoms with Gasteiger partial charge in [-0.25, -0.2) is 15.2 Å². The number of nitrogens with one attached hydrogen (secondary N) is 1. The molecule has 5 nitrogen and oxygen atoms in total. The molecule has 0 fully saturated rings. The van der Waals surface area contributed by atoms with Gasteiger partial charge in [0.2, 0.25) is 5.88 Å². The van der Waals surface area contributed by atoms with Crippen LogP contribution < -0.4 is 16.0 Å². The van der Waals surface area contributed by atoms with E-state index in [-0.39, 0.29) is 16.7 Å². The van der Waals surface area contributed by atoms with E-state index in [1.54, 1.807) is 6.07 Å². The first-order chi connectivity index (χ1) is 9.13. The maximum atomic E-state index is 13.7. The van der Waals surface area contributed by atoms with E-state index in [0.29, 0.717) is 18.1 Å². The van der Waals surface area contributed by atoms with Crippen LogP contribution in [-0.2, 0) is 6.42 Å². The van der Waals surface area contributed by atoms with Crippen LogP contribution in [0.2, 0.25) is 5.02 Å². The lowest BCUT2D eigenvalue weighted by molar-refractivity contribution is 0.425. The zero-order chi connectivity index (χ0) is 13.8. The van der Waals surface area contributed by atoms with Crippen molar-refractivity contribution in [2.24, 2.45) is 5.84 Å². The molecular formula is C12H12ClFN4O. The topological polar surface area (TPSA) is 73.1 Å². The molecule has 0 spiro atoms. The Labute approximate surface area is 114 Å². The first-order valence-corrected chi connectivity index (χ1v) is 5.98. The van der Waals surface area contributed by atoms with E-state index in [1.165, 1.54) is 18.2 Å². The average Bonchev–Trinajstić information content (AvgIpc) is 2.43. The van der Waals surface area contributed by atoms with Crippen molar-refractivity contribution in [1.29, 1.82) is 0 Å². The molecule has 3 N–H and O–H groups in total. The summed E-state index contributed by atoms with van der Waals surface area (Å²) >= 11 is 5.68. The predicted molar refractivity (Wildman–Crippen MR) is 70.7 cm³/mol. The number of aryl methyl sites for hydroxylation is 1. The highest BCUT2D eigenvalue weighted by molar-refractivity contribution is 6.30. The Kier molecular flexibility index (Phi) is 4.13. The van der Waals surface area contributed by atoms with E-state index in [2.05, 4.69) is 15.4 Å². The monoisotopic (exact) mass is 282 g/mol.